The summed E-state index contributed by atoms with van der Waals surface area (Å²) in [7, 11) is 4.12. The van der Waals surface area contributed by atoms with Crippen molar-refractivity contribution in [3.63, 3.8) is 0 Å². The molecule has 0 unspecified atom stereocenters. The highest BCUT2D eigenvalue weighted by atomic mass is 16.1. The van der Waals surface area contributed by atoms with Crippen molar-refractivity contribution in [3.8, 4) is 0 Å². The highest BCUT2D eigenvalue weighted by Gasteiger charge is 2.18. The van der Waals surface area contributed by atoms with Gasteiger partial charge in [-0.05, 0) is 19.5 Å². The van der Waals surface area contributed by atoms with E-state index in [1.807, 2.05) is 0 Å². The normalized spacial score (nSPS) is 12.3. The number of fused-ring (bicyclic) bond motifs is 1. The van der Waals surface area contributed by atoms with E-state index in [-0.39, 0.29) is 11.1 Å². The summed E-state index contributed by atoms with van der Waals surface area (Å²) in [5.41, 5.74) is 0.414. The van der Waals surface area contributed by atoms with Crippen LogP contribution in [0, 0.1) is 5.41 Å². The standard InChI is InChI=1S/C12H20N6O/c1-12(2,7-17(3)4)6-13-9-5-10-15-16-11(19)18(10)8-14-9/h5,8,13H,6-7H2,1-4H3,(H,16,19). The summed E-state index contributed by atoms with van der Waals surface area (Å²) in [6.07, 6.45) is 1.47. The van der Waals surface area contributed by atoms with Crippen molar-refractivity contribution in [2.24, 2.45) is 5.41 Å². The number of nitrogens with one attached hydrogen (secondary N) is 2. The maximum Gasteiger partial charge on any atom is 0.348 e. The minimum Gasteiger partial charge on any atom is -0.369 e. The first kappa shape index (κ1) is 13.5. The van der Waals surface area contributed by atoms with E-state index in [1.165, 1.54) is 10.7 Å². The van der Waals surface area contributed by atoms with Gasteiger partial charge in [0.25, 0.3) is 0 Å². The molecule has 19 heavy (non-hydrogen) atoms. The number of aromatic amines is 1. The van der Waals surface area contributed by atoms with Gasteiger partial charge in [0.2, 0.25) is 0 Å². The molecule has 0 radical (unpaired) electrons. The summed E-state index contributed by atoms with van der Waals surface area (Å²) in [6.45, 7) is 6.16. The molecule has 0 spiro atoms. The van der Waals surface area contributed by atoms with Crippen LogP contribution >= 0.6 is 0 Å². The van der Waals surface area contributed by atoms with Crippen LogP contribution in [0.3, 0.4) is 0 Å². The average molecular weight is 264 g/mol. The Balaban J connectivity index is 2.07. The minimum absolute atomic E-state index is 0.128. The number of hydrogen-bond donors (Lipinski definition) is 2. The van der Waals surface area contributed by atoms with E-state index >= 15 is 0 Å². The van der Waals surface area contributed by atoms with Gasteiger partial charge in [0.1, 0.15) is 12.1 Å². The second-order valence-electron chi connectivity index (χ2n) is 5.79. The van der Waals surface area contributed by atoms with Crippen LogP contribution in [-0.2, 0) is 0 Å². The second-order valence-corrected chi connectivity index (χ2v) is 5.79. The zero-order chi connectivity index (χ0) is 14.0. The van der Waals surface area contributed by atoms with Crippen LogP contribution in [0.25, 0.3) is 5.65 Å². The Hall–Kier alpha value is -1.89. The van der Waals surface area contributed by atoms with Crippen LogP contribution in [0.5, 0.6) is 0 Å². The first-order valence-electron chi connectivity index (χ1n) is 6.19. The number of nitrogens with zero attached hydrogens (tertiary/aromatic N) is 4. The van der Waals surface area contributed by atoms with Crippen molar-refractivity contribution < 1.29 is 0 Å². The fourth-order valence-electron chi connectivity index (χ4n) is 2.15. The van der Waals surface area contributed by atoms with Gasteiger partial charge in [0, 0.05) is 19.2 Å². The highest BCUT2D eigenvalue weighted by molar-refractivity contribution is 5.48. The molecule has 0 fully saturated rings. The zero-order valence-corrected chi connectivity index (χ0v) is 11.8. The molecule has 2 aromatic rings. The summed E-state index contributed by atoms with van der Waals surface area (Å²) in [5.74, 6) is 0.721. The van der Waals surface area contributed by atoms with E-state index in [4.69, 9.17) is 0 Å². The lowest BCUT2D eigenvalue weighted by Crippen LogP contribution is -2.34. The largest absolute Gasteiger partial charge is 0.369 e. The van der Waals surface area contributed by atoms with Crippen molar-refractivity contribution in [2.45, 2.75) is 13.8 Å². The monoisotopic (exact) mass is 264 g/mol. The lowest BCUT2D eigenvalue weighted by Gasteiger charge is -2.28. The minimum atomic E-state index is -0.276. The van der Waals surface area contributed by atoms with E-state index < -0.39 is 0 Å². The third-order valence-corrected chi connectivity index (χ3v) is 2.80. The maximum atomic E-state index is 11.3. The molecule has 0 saturated carbocycles. The van der Waals surface area contributed by atoms with Gasteiger partial charge in [-0.2, -0.15) is 5.10 Å². The number of H-pyrrole nitrogens is 1. The molecule has 2 heterocycles. The van der Waals surface area contributed by atoms with Gasteiger partial charge in [-0.3, -0.25) is 0 Å². The summed E-state index contributed by atoms with van der Waals surface area (Å²) in [5, 5.41) is 9.58. The van der Waals surface area contributed by atoms with E-state index in [1.54, 1.807) is 6.07 Å². The first-order valence-corrected chi connectivity index (χ1v) is 6.19. The Morgan fingerprint density at radius 3 is 2.89 bits per heavy atom. The van der Waals surface area contributed by atoms with Crippen molar-refractivity contribution >= 4 is 11.5 Å². The lowest BCUT2D eigenvalue weighted by molar-refractivity contribution is 0.254. The predicted octanol–water partition coefficient (Wildman–Crippen LogP) is 0.417. The van der Waals surface area contributed by atoms with Crippen LogP contribution in [0.2, 0.25) is 0 Å². The molecule has 0 aliphatic rings. The molecule has 7 nitrogen and oxygen atoms in total. The molecule has 7 heteroatoms. The SMILES string of the molecule is CN(C)CC(C)(C)CNc1cc2n[nH]c(=O)n2cn1. The smallest absolute Gasteiger partial charge is 0.348 e. The molecule has 0 amide bonds. The fourth-order valence-corrected chi connectivity index (χ4v) is 2.15. The van der Waals surface area contributed by atoms with E-state index in [2.05, 4.69) is 53.3 Å². The molecular weight excluding hydrogens is 244 g/mol. The molecular formula is C12H20N6O. The number of anilines is 1. The van der Waals surface area contributed by atoms with Gasteiger partial charge < -0.3 is 10.2 Å². The summed E-state index contributed by atoms with van der Waals surface area (Å²) in [6, 6.07) is 1.75. The van der Waals surface area contributed by atoms with Crippen LogP contribution in [-0.4, -0.2) is 51.7 Å². The second kappa shape index (κ2) is 5.00. The van der Waals surface area contributed by atoms with Crippen LogP contribution in [0.4, 0.5) is 5.82 Å². The number of rotatable bonds is 5. The highest BCUT2D eigenvalue weighted by Crippen LogP contribution is 2.17. The van der Waals surface area contributed by atoms with Crippen molar-refractivity contribution in [1.82, 2.24) is 24.5 Å². The average Bonchev–Trinajstić information content (AvgIpc) is 2.67. The van der Waals surface area contributed by atoms with Gasteiger partial charge >= 0.3 is 5.69 Å². The van der Waals surface area contributed by atoms with Crippen molar-refractivity contribution in [1.29, 1.82) is 0 Å². The number of hydrogen-bond acceptors (Lipinski definition) is 5. The maximum absolute atomic E-state index is 11.3. The first-order chi connectivity index (χ1) is 8.87. The van der Waals surface area contributed by atoms with Crippen LogP contribution < -0.4 is 11.0 Å². The molecule has 0 aliphatic carbocycles. The van der Waals surface area contributed by atoms with Gasteiger partial charge in [-0.15, -0.1) is 0 Å². The Morgan fingerprint density at radius 1 is 1.47 bits per heavy atom. The summed E-state index contributed by atoms with van der Waals surface area (Å²) in [4.78, 5) is 17.7. The molecule has 0 bridgehead atoms. The topological polar surface area (TPSA) is 78.3 Å². The predicted molar refractivity (Wildman–Crippen MR) is 74.4 cm³/mol. The van der Waals surface area contributed by atoms with Crippen molar-refractivity contribution in [2.75, 3.05) is 32.5 Å². The molecule has 104 valence electrons. The quantitative estimate of drug-likeness (QED) is 0.818. The van der Waals surface area contributed by atoms with E-state index in [0.717, 1.165) is 18.9 Å². The molecule has 2 N–H and O–H groups in total. The Morgan fingerprint density at radius 2 is 2.21 bits per heavy atom. The Labute approximate surface area is 111 Å². The third-order valence-electron chi connectivity index (χ3n) is 2.80. The molecule has 0 aliphatic heterocycles. The summed E-state index contributed by atoms with van der Waals surface area (Å²) >= 11 is 0. The Bertz CT molecular complexity index is 612. The lowest BCUT2D eigenvalue weighted by atomic mass is 9.93. The molecule has 2 rings (SSSR count). The van der Waals surface area contributed by atoms with Crippen LogP contribution in [0.1, 0.15) is 13.8 Å². The molecule has 0 saturated heterocycles. The molecule has 2 aromatic heterocycles. The Kier molecular flexibility index (Phi) is 3.57. The van der Waals surface area contributed by atoms with E-state index in [9.17, 15) is 4.79 Å². The molecule has 0 atom stereocenters. The van der Waals surface area contributed by atoms with Crippen molar-refractivity contribution in [3.05, 3.63) is 22.9 Å². The van der Waals surface area contributed by atoms with Gasteiger partial charge in [0.15, 0.2) is 5.65 Å². The fraction of sp³-hybridized carbons (Fsp3) is 0.583. The third kappa shape index (κ3) is 3.31. The van der Waals surface area contributed by atoms with Gasteiger partial charge in [-0.1, -0.05) is 13.8 Å². The zero-order valence-electron chi connectivity index (χ0n) is 11.8. The van der Waals surface area contributed by atoms with Gasteiger partial charge in [0.05, 0.1) is 0 Å². The summed E-state index contributed by atoms with van der Waals surface area (Å²) < 4.78 is 1.37. The van der Waals surface area contributed by atoms with Gasteiger partial charge in [-0.25, -0.2) is 19.3 Å². The van der Waals surface area contributed by atoms with E-state index in [0.29, 0.717) is 5.65 Å². The van der Waals surface area contributed by atoms with Crippen LogP contribution in [0.15, 0.2) is 17.2 Å². The number of aromatic nitrogens is 4. The molecule has 0 aromatic carbocycles.